The second-order valence-electron chi connectivity index (χ2n) is 8.98. The lowest BCUT2D eigenvalue weighted by molar-refractivity contribution is -0.148. The van der Waals surface area contributed by atoms with Crippen molar-refractivity contribution in [3.63, 3.8) is 0 Å². The topological polar surface area (TPSA) is 62.2 Å². The van der Waals surface area contributed by atoms with E-state index < -0.39 is 11.0 Å². The van der Waals surface area contributed by atoms with Gasteiger partial charge in [0.25, 0.3) is 0 Å². The Morgan fingerprint density at radius 3 is 2.50 bits per heavy atom. The van der Waals surface area contributed by atoms with E-state index in [9.17, 15) is 9.90 Å². The van der Waals surface area contributed by atoms with Gasteiger partial charge in [-0.15, -0.1) is 0 Å². The Balaban J connectivity index is 1.52. The predicted octanol–water partition coefficient (Wildman–Crippen LogP) is 2.72. The molecule has 0 radical (unpaired) electrons. The van der Waals surface area contributed by atoms with Crippen LogP contribution in [-0.2, 0) is 10.2 Å². The number of aryl methyl sites for hydroxylation is 1. The third kappa shape index (κ3) is 2.55. The van der Waals surface area contributed by atoms with E-state index in [1.165, 1.54) is 0 Å². The molecule has 4 aliphatic rings. The van der Waals surface area contributed by atoms with E-state index in [-0.39, 0.29) is 11.9 Å². The fourth-order valence-corrected chi connectivity index (χ4v) is 5.56. The van der Waals surface area contributed by atoms with E-state index in [1.54, 1.807) is 0 Å². The van der Waals surface area contributed by atoms with Crippen molar-refractivity contribution in [3.8, 4) is 0 Å². The summed E-state index contributed by atoms with van der Waals surface area (Å²) in [4.78, 5) is 17.6. The minimum Gasteiger partial charge on any atom is -0.390 e. The first-order chi connectivity index (χ1) is 11.3. The number of pyridine rings is 1. The van der Waals surface area contributed by atoms with E-state index in [0.29, 0.717) is 17.8 Å². The minimum atomic E-state index is -0.641. The first-order valence-corrected chi connectivity index (χ1v) is 9.24. The van der Waals surface area contributed by atoms with Crippen molar-refractivity contribution < 1.29 is 9.90 Å². The molecule has 4 nitrogen and oxygen atoms in total. The summed E-state index contributed by atoms with van der Waals surface area (Å²) >= 11 is 0. The fraction of sp³-hybridized carbons (Fsp3) is 0.700. The number of rotatable bonds is 3. The Kier molecular flexibility index (Phi) is 3.54. The molecule has 4 heteroatoms. The average molecular weight is 328 g/mol. The van der Waals surface area contributed by atoms with Gasteiger partial charge in [0.05, 0.1) is 16.7 Å². The number of carbonyl (C=O) groups is 1. The zero-order valence-corrected chi connectivity index (χ0v) is 14.9. The van der Waals surface area contributed by atoms with Crippen molar-refractivity contribution in [3.05, 3.63) is 29.6 Å². The number of hydrogen-bond acceptors (Lipinski definition) is 3. The number of aliphatic hydroxyl groups is 1. The standard InChI is InChI=1S/C20H28N2O2/c1-12-5-4-6-16(21-12)19(2,3)18(23)22-17-14-7-13-8-15(17)11-20(24,9-13)10-14/h4-6,13-15,17,24H,7-11H2,1-3H3,(H,22,23)/t13?,14-,15+,17+,20+. The molecule has 5 rings (SSSR count). The molecule has 130 valence electrons. The van der Waals surface area contributed by atoms with Crippen LogP contribution in [0.3, 0.4) is 0 Å². The normalized spacial score (nSPS) is 37.5. The molecule has 1 amide bonds. The molecule has 5 atom stereocenters. The maximum Gasteiger partial charge on any atom is 0.231 e. The van der Waals surface area contributed by atoms with Crippen LogP contribution in [0.1, 0.15) is 57.3 Å². The first-order valence-electron chi connectivity index (χ1n) is 9.24. The van der Waals surface area contributed by atoms with Crippen LogP contribution in [0.5, 0.6) is 0 Å². The Bertz CT molecular complexity index is 653. The zero-order chi connectivity index (χ0) is 17.1. The summed E-state index contributed by atoms with van der Waals surface area (Å²) in [6.45, 7) is 5.86. The van der Waals surface area contributed by atoms with Gasteiger partial charge in [0.1, 0.15) is 0 Å². The Labute approximate surface area is 144 Å². The number of carbonyl (C=O) groups excluding carboxylic acids is 1. The van der Waals surface area contributed by atoms with Crippen LogP contribution in [0.15, 0.2) is 18.2 Å². The molecule has 0 saturated heterocycles. The van der Waals surface area contributed by atoms with Crippen molar-refractivity contribution in [2.75, 3.05) is 0 Å². The summed E-state index contributed by atoms with van der Waals surface area (Å²) in [6, 6.07) is 6.08. The van der Waals surface area contributed by atoms with E-state index in [1.807, 2.05) is 39.0 Å². The molecule has 24 heavy (non-hydrogen) atoms. The van der Waals surface area contributed by atoms with Gasteiger partial charge in [0.15, 0.2) is 0 Å². The molecule has 4 saturated carbocycles. The molecule has 1 aromatic rings. The van der Waals surface area contributed by atoms with Gasteiger partial charge in [0.2, 0.25) is 5.91 Å². The fourth-order valence-electron chi connectivity index (χ4n) is 5.56. The molecule has 4 fully saturated rings. The second kappa shape index (κ2) is 5.29. The summed E-state index contributed by atoms with van der Waals surface area (Å²) in [5.74, 6) is 1.59. The van der Waals surface area contributed by atoms with Crippen molar-refractivity contribution in [1.82, 2.24) is 10.3 Å². The Morgan fingerprint density at radius 2 is 1.92 bits per heavy atom. The van der Waals surface area contributed by atoms with Gasteiger partial charge in [-0.25, -0.2) is 0 Å². The molecule has 1 aromatic heterocycles. The SMILES string of the molecule is Cc1cccc(C(C)(C)C(=O)N[C@H]2[C@@H]3CC4C[C@H]2C[C@](O)(C4)C3)n1. The highest BCUT2D eigenvalue weighted by Gasteiger charge is 2.55. The van der Waals surface area contributed by atoms with Crippen LogP contribution in [0.4, 0.5) is 0 Å². The lowest BCUT2D eigenvalue weighted by atomic mass is 9.52. The van der Waals surface area contributed by atoms with Gasteiger partial charge in [-0.2, -0.15) is 0 Å². The number of nitrogens with zero attached hydrogens (tertiary/aromatic N) is 1. The average Bonchev–Trinajstić information content (AvgIpc) is 2.49. The molecule has 2 N–H and O–H groups in total. The summed E-state index contributed by atoms with van der Waals surface area (Å²) in [6.07, 6.45) is 5.00. The van der Waals surface area contributed by atoms with E-state index in [2.05, 4.69) is 10.3 Å². The van der Waals surface area contributed by atoms with Crippen LogP contribution >= 0.6 is 0 Å². The highest BCUT2D eigenvalue weighted by atomic mass is 16.3. The Morgan fingerprint density at radius 1 is 1.25 bits per heavy atom. The Hall–Kier alpha value is -1.42. The summed E-state index contributed by atoms with van der Waals surface area (Å²) in [5, 5.41) is 14.0. The van der Waals surface area contributed by atoms with Gasteiger partial charge in [0, 0.05) is 11.7 Å². The van der Waals surface area contributed by atoms with Gasteiger partial charge in [-0.1, -0.05) is 6.07 Å². The van der Waals surface area contributed by atoms with E-state index in [4.69, 9.17) is 0 Å². The van der Waals surface area contributed by atoms with Crippen LogP contribution in [0.2, 0.25) is 0 Å². The third-order valence-electron chi connectivity index (χ3n) is 6.63. The van der Waals surface area contributed by atoms with E-state index in [0.717, 1.165) is 43.5 Å². The number of aromatic nitrogens is 1. The van der Waals surface area contributed by atoms with Gasteiger partial charge in [-0.05, 0) is 82.8 Å². The lowest BCUT2D eigenvalue weighted by Gasteiger charge is -2.58. The third-order valence-corrected chi connectivity index (χ3v) is 6.63. The zero-order valence-electron chi connectivity index (χ0n) is 14.9. The van der Waals surface area contributed by atoms with Crippen LogP contribution < -0.4 is 5.32 Å². The smallest absolute Gasteiger partial charge is 0.231 e. The van der Waals surface area contributed by atoms with E-state index >= 15 is 0 Å². The maximum atomic E-state index is 13.0. The van der Waals surface area contributed by atoms with Crippen molar-refractivity contribution in [2.24, 2.45) is 17.8 Å². The minimum absolute atomic E-state index is 0.0602. The molecule has 1 heterocycles. The number of nitrogens with one attached hydrogen (secondary N) is 1. The highest BCUT2D eigenvalue weighted by Crippen LogP contribution is 2.55. The van der Waals surface area contributed by atoms with Crippen LogP contribution in [0.25, 0.3) is 0 Å². The van der Waals surface area contributed by atoms with Gasteiger partial charge >= 0.3 is 0 Å². The molecular weight excluding hydrogens is 300 g/mol. The summed E-state index contributed by atoms with van der Waals surface area (Å²) < 4.78 is 0. The first kappa shape index (κ1) is 16.1. The largest absolute Gasteiger partial charge is 0.390 e. The number of amides is 1. The monoisotopic (exact) mass is 328 g/mol. The quantitative estimate of drug-likeness (QED) is 0.897. The summed E-state index contributed by atoms with van der Waals surface area (Å²) in [7, 11) is 0. The van der Waals surface area contributed by atoms with Crippen molar-refractivity contribution >= 4 is 5.91 Å². The number of hydrogen-bond donors (Lipinski definition) is 2. The van der Waals surface area contributed by atoms with Gasteiger partial charge in [-0.3, -0.25) is 9.78 Å². The molecule has 0 aliphatic heterocycles. The molecule has 0 spiro atoms. The predicted molar refractivity (Wildman–Crippen MR) is 92.4 cm³/mol. The van der Waals surface area contributed by atoms with Crippen LogP contribution in [-0.4, -0.2) is 27.6 Å². The van der Waals surface area contributed by atoms with Crippen molar-refractivity contribution in [2.45, 2.75) is 69.9 Å². The second-order valence-corrected chi connectivity index (χ2v) is 8.98. The van der Waals surface area contributed by atoms with Gasteiger partial charge < -0.3 is 10.4 Å². The van der Waals surface area contributed by atoms with Crippen molar-refractivity contribution in [1.29, 1.82) is 0 Å². The molecule has 1 unspecified atom stereocenters. The summed E-state index contributed by atoms with van der Waals surface area (Å²) in [5.41, 5.74) is 0.663. The molecule has 0 aromatic carbocycles. The molecule has 4 bridgehead atoms. The highest BCUT2D eigenvalue weighted by molar-refractivity contribution is 5.87. The maximum absolute atomic E-state index is 13.0. The molecular formula is C20H28N2O2. The van der Waals surface area contributed by atoms with Crippen LogP contribution in [0, 0.1) is 24.7 Å². The molecule has 4 aliphatic carbocycles. The lowest BCUT2D eigenvalue weighted by Crippen LogP contribution is -2.63.